The van der Waals surface area contributed by atoms with Crippen LogP contribution in [-0.4, -0.2) is 22.4 Å². The van der Waals surface area contributed by atoms with Gasteiger partial charge in [0.05, 0.1) is 16.7 Å². The van der Waals surface area contributed by atoms with Gasteiger partial charge in [-0.25, -0.2) is 4.98 Å². The SMILES string of the molecule is O=C1C=CCN1c1ccc(Cl)cc1-c1nc2ccc(Cl)cc2[nH]1. The summed E-state index contributed by atoms with van der Waals surface area (Å²) in [7, 11) is 0. The summed E-state index contributed by atoms with van der Waals surface area (Å²) in [6.07, 6.45) is 3.40. The number of nitrogens with one attached hydrogen (secondary N) is 1. The van der Waals surface area contributed by atoms with Gasteiger partial charge in [-0.15, -0.1) is 0 Å². The van der Waals surface area contributed by atoms with Crippen LogP contribution >= 0.6 is 23.2 Å². The smallest absolute Gasteiger partial charge is 0.251 e. The Kier molecular flexibility index (Phi) is 3.36. The van der Waals surface area contributed by atoms with Gasteiger partial charge in [-0.1, -0.05) is 29.3 Å². The van der Waals surface area contributed by atoms with E-state index in [1.165, 1.54) is 0 Å². The van der Waals surface area contributed by atoms with Crippen LogP contribution in [0.1, 0.15) is 0 Å². The number of H-pyrrole nitrogens is 1. The highest BCUT2D eigenvalue weighted by Gasteiger charge is 2.22. The third kappa shape index (κ3) is 2.50. The highest BCUT2D eigenvalue weighted by atomic mass is 35.5. The van der Waals surface area contributed by atoms with Crippen LogP contribution in [0.4, 0.5) is 5.69 Å². The molecule has 3 aromatic rings. The fourth-order valence-corrected chi connectivity index (χ4v) is 3.04. The van der Waals surface area contributed by atoms with Gasteiger partial charge >= 0.3 is 0 Å². The van der Waals surface area contributed by atoms with Crippen LogP contribution in [0, 0.1) is 0 Å². The van der Waals surface area contributed by atoms with Gasteiger partial charge < -0.3 is 9.88 Å². The third-order valence-electron chi connectivity index (χ3n) is 3.76. The molecule has 2 aromatic carbocycles. The first-order valence-corrected chi connectivity index (χ1v) is 7.80. The molecule has 4 nitrogen and oxygen atoms in total. The molecule has 6 heteroatoms. The normalized spacial score (nSPS) is 14.2. The third-order valence-corrected chi connectivity index (χ3v) is 4.23. The molecule has 0 radical (unpaired) electrons. The van der Waals surface area contributed by atoms with E-state index in [9.17, 15) is 4.79 Å². The standard InChI is InChI=1S/C17H11Cl2N3O/c18-10-4-6-15(22-7-1-2-16(22)23)12(8-10)17-20-13-5-3-11(19)9-14(13)21-17/h1-6,8-9H,7H2,(H,20,21). The maximum atomic E-state index is 12.0. The van der Waals surface area contributed by atoms with Gasteiger partial charge in [0.2, 0.25) is 0 Å². The predicted octanol–water partition coefficient (Wildman–Crippen LogP) is 4.44. The van der Waals surface area contributed by atoms with Crippen molar-refractivity contribution in [1.29, 1.82) is 0 Å². The van der Waals surface area contributed by atoms with Crippen molar-refractivity contribution in [2.24, 2.45) is 0 Å². The van der Waals surface area contributed by atoms with Crippen LogP contribution in [0.25, 0.3) is 22.4 Å². The van der Waals surface area contributed by atoms with Crippen molar-refractivity contribution in [3.8, 4) is 11.4 Å². The molecule has 0 saturated carbocycles. The van der Waals surface area contributed by atoms with Gasteiger partial charge in [-0.05, 0) is 36.4 Å². The minimum absolute atomic E-state index is 0.0484. The number of carbonyl (C=O) groups excluding carboxylic acids is 1. The van der Waals surface area contributed by atoms with E-state index in [0.717, 1.165) is 22.3 Å². The number of imidazole rings is 1. The summed E-state index contributed by atoms with van der Waals surface area (Å²) in [5, 5.41) is 1.22. The molecule has 0 spiro atoms. The van der Waals surface area contributed by atoms with Crippen LogP contribution in [0.3, 0.4) is 0 Å². The molecule has 23 heavy (non-hydrogen) atoms. The van der Waals surface area contributed by atoms with Crippen LogP contribution in [-0.2, 0) is 4.79 Å². The number of aromatic amines is 1. The predicted molar refractivity (Wildman–Crippen MR) is 93.0 cm³/mol. The van der Waals surface area contributed by atoms with Gasteiger partial charge in [0.15, 0.2) is 0 Å². The summed E-state index contributed by atoms with van der Waals surface area (Å²) in [4.78, 5) is 21.5. The Balaban J connectivity index is 1.89. The Morgan fingerprint density at radius 3 is 2.65 bits per heavy atom. The first-order valence-electron chi connectivity index (χ1n) is 7.05. The Bertz CT molecular complexity index is 962. The Labute approximate surface area is 142 Å². The molecule has 0 fully saturated rings. The van der Waals surface area contributed by atoms with Crippen molar-refractivity contribution in [3.05, 3.63) is 58.6 Å². The number of nitrogens with zero attached hydrogens (tertiary/aromatic N) is 2. The lowest BCUT2D eigenvalue weighted by Gasteiger charge is -2.19. The van der Waals surface area contributed by atoms with Gasteiger partial charge in [0, 0.05) is 28.2 Å². The van der Waals surface area contributed by atoms with Gasteiger partial charge in [-0.3, -0.25) is 4.79 Å². The average Bonchev–Trinajstić information content (AvgIpc) is 3.13. The minimum atomic E-state index is -0.0484. The van der Waals surface area contributed by atoms with E-state index in [1.807, 2.05) is 30.3 Å². The summed E-state index contributed by atoms with van der Waals surface area (Å²) >= 11 is 12.2. The number of fused-ring (bicyclic) bond motifs is 1. The lowest BCUT2D eigenvalue weighted by atomic mass is 10.1. The van der Waals surface area contributed by atoms with E-state index in [1.54, 1.807) is 23.1 Å². The fourth-order valence-electron chi connectivity index (χ4n) is 2.70. The first-order chi connectivity index (χ1) is 11.1. The number of carbonyl (C=O) groups is 1. The van der Waals surface area contributed by atoms with Crippen molar-refractivity contribution < 1.29 is 4.79 Å². The van der Waals surface area contributed by atoms with E-state index in [0.29, 0.717) is 22.4 Å². The molecular weight excluding hydrogens is 333 g/mol. The average molecular weight is 344 g/mol. The quantitative estimate of drug-likeness (QED) is 0.747. The highest BCUT2D eigenvalue weighted by molar-refractivity contribution is 6.31. The number of anilines is 1. The number of benzene rings is 2. The van der Waals surface area contributed by atoms with Crippen molar-refractivity contribution in [2.75, 3.05) is 11.4 Å². The number of hydrogen-bond acceptors (Lipinski definition) is 2. The van der Waals surface area contributed by atoms with Gasteiger partial charge in [0.1, 0.15) is 5.82 Å². The minimum Gasteiger partial charge on any atom is -0.338 e. The van der Waals surface area contributed by atoms with Gasteiger partial charge in [-0.2, -0.15) is 0 Å². The summed E-state index contributed by atoms with van der Waals surface area (Å²) in [6.45, 7) is 0.541. The molecule has 1 aromatic heterocycles. The summed E-state index contributed by atoms with van der Waals surface area (Å²) in [6, 6.07) is 10.9. The Hall–Kier alpha value is -2.30. The van der Waals surface area contributed by atoms with Crippen LogP contribution in [0.15, 0.2) is 48.6 Å². The largest absolute Gasteiger partial charge is 0.338 e. The first kappa shape index (κ1) is 14.3. The van der Waals surface area contributed by atoms with Crippen LogP contribution < -0.4 is 4.90 Å². The molecule has 1 aliphatic rings. The van der Waals surface area contributed by atoms with Crippen molar-refractivity contribution >= 4 is 45.8 Å². The van der Waals surface area contributed by atoms with Crippen molar-refractivity contribution in [2.45, 2.75) is 0 Å². The molecule has 2 heterocycles. The molecule has 0 atom stereocenters. The number of rotatable bonds is 2. The maximum Gasteiger partial charge on any atom is 0.251 e. The second-order valence-electron chi connectivity index (χ2n) is 5.26. The molecule has 4 rings (SSSR count). The zero-order chi connectivity index (χ0) is 16.0. The topological polar surface area (TPSA) is 49.0 Å². The van der Waals surface area contributed by atoms with E-state index >= 15 is 0 Å². The highest BCUT2D eigenvalue weighted by Crippen LogP contribution is 2.34. The van der Waals surface area contributed by atoms with E-state index < -0.39 is 0 Å². The lowest BCUT2D eigenvalue weighted by molar-refractivity contribution is -0.113. The number of amides is 1. The molecule has 0 saturated heterocycles. The molecule has 1 amide bonds. The molecule has 1 aliphatic heterocycles. The van der Waals surface area contributed by atoms with Crippen molar-refractivity contribution in [1.82, 2.24) is 9.97 Å². The molecule has 0 bridgehead atoms. The molecule has 0 unspecified atom stereocenters. The molecule has 0 aliphatic carbocycles. The maximum absolute atomic E-state index is 12.0. The van der Waals surface area contributed by atoms with Crippen LogP contribution in [0.5, 0.6) is 0 Å². The number of hydrogen-bond donors (Lipinski definition) is 1. The van der Waals surface area contributed by atoms with Gasteiger partial charge in [0.25, 0.3) is 5.91 Å². The van der Waals surface area contributed by atoms with E-state index in [2.05, 4.69) is 9.97 Å². The summed E-state index contributed by atoms with van der Waals surface area (Å²) < 4.78 is 0. The Morgan fingerprint density at radius 2 is 1.87 bits per heavy atom. The summed E-state index contributed by atoms with van der Waals surface area (Å²) in [5.41, 5.74) is 3.20. The number of aromatic nitrogens is 2. The fraction of sp³-hybridized carbons (Fsp3) is 0.0588. The van der Waals surface area contributed by atoms with Crippen LogP contribution in [0.2, 0.25) is 10.0 Å². The zero-order valence-corrected chi connectivity index (χ0v) is 13.4. The molecule has 1 N–H and O–H groups in total. The second-order valence-corrected chi connectivity index (χ2v) is 6.13. The Morgan fingerprint density at radius 1 is 1.09 bits per heavy atom. The zero-order valence-electron chi connectivity index (χ0n) is 11.9. The van der Waals surface area contributed by atoms with E-state index in [4.69, 9.17) is 23.2 Å². The second kappa shape index (κ2) is 5.41. The lowest BCUT2D eigenvalue weighted by Crippen LogP contribution is -2.25. The molecule has 114 valence electrons. The number of halogens is 2. The monoisotopic (exact) mass is 343 g/mol. The summed E-state index contributed by atoms with van der Waals surface area (Å²) in [5.74, 6) is 0.604. The molecular formula is C17H11Cl2N3O. The van der Waals surface area contributed by atoms with E-state index in [-0.39, 0.29) is 5.91 Å². The van der Waals surface area contributed by atoms with Crippen molar-refractivity contribution in [3.63, 3.8) is 0 Å².